The third-order valence-electron chi connectivity index (χ3n) is 8.67. The first-order valence-corrected chi connectivity index (χ1v) is 14.9. The summed E-state index contributed by atoms with van der Waals surface area (Å²) < 4.78 is 52.7. The predicted molar refractivity (Wildman–Crippen MR) is 168 cm³/mol. The summed E-state index contributed by atoms with van der Waals surface area (Å²) in [6, 6.07) is 4.40. The highest BCUT2D eigenvalue weighted by molar-refractivity contribution is 6.35. The minimum Gasteiger partial charge on any atom is -0.462 e. The van der Waals surface area contributed by atoms with Crippen LogP contribution in [0.15, 0.2) is 49.3 Å². The Hall–Kier alpha value is -4.16. The molecule has 0 radical (unpaired) electrons. The van der Waals surface area contributed by atoms with E-state index in [1.54, 1.807) is 31.0 Å². The molecule has 6 rings (SSSR count). The van der Waals surface area contributed by atoms with E-state index in [1.807, 2.05) is 30.9 Å². The number of likely N-dealkylation sites (tertiary alicyclic amines) is 1. The van der Waals surface area contributed by atoms with E-state index in [9.17, 15) is 13.6 Å². The molecule has 4 heterocycles. The fraction of sp³-hybridized carbons (Fsp3) is 0.375. The molecule has 45 heavy (non-hydrogen) atoms. The first-order valence-electron chi connectivity index (χ1n) is 14.5. The van der Waals surface area contributed by atoms with Crippen molar-refractivity contribution in [3.8, 4) is 17.1 Å². The van der Waals surface area contributed by atoms with Crippen molar-refractivity contribution in [1.82, 2.24) is 29.5 Å². The fourth-order valence-corrected chi connectivity index (χ4v) is 6.63. The van der Waals surface area contributed by atoms with Crippen molar-refractivity contribution >= 4 is 45.1 Å². The van der Waals surface area contributed by atoms with Gasteiger partial charge in [-0.25, -0.2) is 13.2 Å². The summed E-state index contributed by atoms with van der Waals surface area (Å²) in [6.07, 6.45) is 2.55. The van der Waals surface area contributed by atoms with Gasteiger partial charge in [0, 0.05) is 59.7 Å². The monoisotopic (exact) mass is 639 g/mol. The zero-order valence-electron chi connectivity index (χ0n) is 25.5. The minimum absolute atomic E-state index is 0.0412. The van der Waals surface area contributed by atoms with Crippen LogP contribution < -0.4 is 9.64 Å². The van der Waals surface area contributed by atoms with Crippen LogP contribution in [0.2, 0.25) is 5.02 Å². The van der Waals surface area contributed by atoms with Crippen LogP contribution in [0.3, 0.4) is 0 Å². The Labute approximate surface area is 263 Å². The van der Waals surface area contributed by atoms with Crippen LogP contribution >= 0.6 is 11.6 Å². The number of carbonyl (C=O) groups excluding carboxylic acids is 1. The Bertz CT molecular complexity index is 1880. The summed E-state index contributed by atoms with van der Waals surface area (Å²) in [7, 11) is 3.38. The molecule has 1 amide bonds. The van der Waals surface area contributed by atoms with Gasteiger partial charge in [-0.15, -0.1) is 0 Å². The molecule has 13 heteroatoms. The Morgan fingerprint density at radius 2 is 2.00 bits per heavy atom. The van der Waals surface area contributed by atoms with Crippen molar-refractivity contribution in [2.45, 2.75) is 38.3 Å². The third-order valence-corrected chi connectivity index (χ3v) is 8.97. The molecule has 0 N–H and O–H groups in total. The number of halogens is 4. The smallest absolute Gasteiger partial charge is 0.319 e. The highest BCUT2D eigenvalue weighted by atomic mass is 35.5. The Morgan fingerprint density at radius 1 is 1.24 bits per heavy atom. The predicted octanol–water partition coefficient (Wildman–Crippen LogP) is 5.74. The van der Waals surface area contributed by atoms with Crippen LogP contribution in [-0.2, 0) is 11.8 Å². The number of likely N-dealkylation sites (N-methyl/N-ethyl adjacent to an activating group) is 1. The second kappa shape index (κ2) is 11.3. The van der Waals surface area contributed by atoms with Gasteiger partial charge >= 0.3 is 6.01 Å². The van der Waals surface area contributed by atoms with E-state index in [0.29, 0.717) is 28.0 Å². The van der Waals surface area contributed by atoms with Crippen molar-refractivity contribution in [1.29, 1.82) is 0 Å². The maximum Gasteiger partial charge on any atom is 0.319 e. The molecule has 236 valence electrons. The number of carbonyl (C=O) groups is 1. The quantitative estimate of drug-likeness (QED) is 0.249. The molecule has 0 bridgehead atoms. The number of hydrogen-bond donors (Lipinski definition) is 0. The second-order valence-electron chi connectivity index (χ2n) is 11.9. The lowest BCUT2D eigenvalue weighted by Gasteiger charge is -2.41. The van der Waals surface area contributed by atoms with Gasteiger partial charge in [-0.3, -0.25) is 14.4 Å². The normalized spacial score (nSPS) is 20.4. The van der Waals surface area contributed by atoms with Crippen molar-refractivity contribution in [2.24, 2.45) is 7.05 Å². The van der Waals surface area contributed by atoms with Crippen LogP contribution in [0, 0.1) is 12.7 Å². The van der Waals surface area contributed by atoms with Gasteiger partial charge in [0.1, 0.15) is 17.9 Å². The standard InChI is InChI=1S/C32H33ClF3N7O2/c1-7-24(44)42-13-19(4)43(14-18(42)3)30-22-10-23(33)26(25-17(2)8-9-20-12-37-41(6)29(20)25)27(34)28(22)38-31(39-30)45-15-21-11-32(35,36)16-40(21)5/h7-10,12,19,21H,1,3,11,13-16H2,2,4-6H3/t19-,21+/m0/s1. The highest BCUT2D eigenvalue weighted by Gasteiger charge is 2.43. The Kier molecular flexibility index (Phi) is 7.77. The lowest BCUT2D eigenvalue weighted by atomic mass is 9.96. The van der Waals surface area contributed by atoms with Gasteiger partial charge in [-0.1, -0.05) is 36.9 Å². The number of rotatable bonds is 6. The maximum absolute atomic E-state index is 16.9. The summed E-state index contributed by atoms with van der Waals surface area (Å²) in [5.41, 5.74) is 2.69. The van der Waals surface area contributed by atoms with Crippen LogP contribution in [0.5, 0.6) is 6.01 Å². The van der Waals surface area contributed by atoms with Crippen molar-refractivity contribution < 1.29 is 22.7 Å². The third kappa shape index (κ3) is 5.39. The number of piperazine rings is 1. The topological polar surface area (TPSA) is 79.6 Å². The summed E-state index contributed by atoms with van der Waals surface area (Å²) in [5, 5.41) is 5.65. The molecular weight excluding hydrogens is 607 g/mol. The number of benzene rings is 2. The molecule has 4 aromatic rings. The van der Waals surface area contributed by atoms with Crippen LogP contribution in [0.4, 0.5) is 19.0 Å². The van der Waals surface area contributed by atoms with Gasteiger partial charge in [0.25, 0.3) is 5.92 Å². The fourth-order valence-electron chi connectivity index (χ4n) is 6.34. The maximum atomic E-state index is 16.9. The van der Waals surface area contributed by atoms with Gasteiger partial charge in [-0.05, 0) is 38.6 Å². The summed E-state index contributed by atoms with van der Waals surface area (Å²) in [4.78, 5) is 26.5. The summed E-state index contributed by atoms with van der Waals surface area (Å²) in [5.74, 6) is -3.47. The molecule has 2 atom stereocenters. The van der Waals surface area contributed by atoms with Crippen LogP contribution in [0.25, 0.3) is 32.9 Å². The molecule has 2 aliphatic rings. The van der Waals surface area contributed by atoms with Crippen molar-refractivity contribution in [3.05, 3.63) is 65.7 Å². The summed E-state index contributed by atoms with van der Waals surface area (Å²) in [6.45, 7) is 11.4. The number of alkyl halides is 2. The minimum atomic E-state index is -2.83. The van der Waals surface area contributed by atoms with Crippen LogP contribution in [-0.4, -0.2) is 86.8 Å². The second-order valence-corrected chi connectivity index (χ2v) is 12.3. The molecule has 2 fully saturated rings. The number of nitrogens with zero attached hydrogens (tertiary/aromatic N) is 7. The molecule has 2 aliphatic heterocycles. The van der Waals surface area contributed by atoms with E-state index in [-0.39, 0.29) is 66.7 Å². The molecule has 2 aromatic carbocycles. The first kappa shape index (κ1) is 30.8. The zero-order chi connectivity index (χ0) is 32.4. The Morgan fingerprint density at radius 3 is 2.69 bits per heavy atom. The number of aromatic nitrogens is 4. The molecule has 0 saturated carbocycles. The van der Waals surface area contributed by atoms with Crippen LogP contribution in [0.1, 0.15) is 18.9 Å². The highest BCUT2D eigenvalue weighted by Crippen LogP contribution is 2.43. The molecule has 2 saturated heterocycles. The number of aryl methyl sites for hydroxylation is 2. The van der Waals surface area contributed by atoms with Gasteiger partial charge in [-0.2, -0.15) is 15.1 Å². The molecule has 9 nitrogen and oxygen atoms in total. The number of ether oxygens (including phenoxy) is 1. The van der Waals surface area contributed by atoms with E-state index in [4.69, 9.17) is 16.3 Å². The molecule has 2 aromatic heterocycles. The average Bonchev–Trinajstić information content (AvgIpc) is 3.49. The molecule has 0 spiro atoms. The van der Waals surface area contributed by atoms with Gasteiger partial charge < -0.3 is 14.5 Å². The van der Waals surface area contributed by atoms with E-state index in [0.717, 1.165) is 10.9 Å². The molecule has 0 aliphatic carbocycles. The van der Waals surface area contributed by atoms with Crippen molar-refractivity contribution in [2.75, 3.05) is 38.2 Å². The Balaban J connectivity index is 1.51. The van der Waals surface area contributed by atoms with E-state index in [2.05, 4.69) is 28.2 Å². The van der Waals surface area contributed by atoms with Gasteiger partial charge in [0.05, 0.1) is 29.8 Å². The SMILES string of the molecule is C=CC(=O)N1C[C@H](C)N(c2nc(OC[C@H]3CC(F)(F)CN3C)nc3c(F)c(-c4c(C)ccc5cnn(C)c45)c(Cl)cc23)CC1=C. The summed E-state index contributed by atoms with van der Waals surface area (Å²) >= 11 is 6.89. The number of amides is 1. The van der Waals surface area contributed by atoms with Gasteiger partial charge in [0.15, 0.2) is 5.82 Å². The zero-order valence-corrected chi connectivity index (χ0v) is 26.2. The molecule has 0 unspecified atom stereocenters. The number of anilines is 1. The number of hydrogen-bond acceptors (Lipinski definition) is 7. The van der Waals surface area contributed by atoms with Crippen molar-refractivity contribution in [3.63, 3.8) is 0 Å². The molecular formula is C32H33ClF3N7O2. The van der Waals surface area contributed by atoms with E-state index in [1.165, 1.54) is 15.9 Å². The van der Waals surface area contributed by atoms with E-state index < -0.39 is 17.8 Å². The average molecular weight is 640 g/mol. The lowest BCUT2D eigenvalue weighted by molar-refractivity contribution is -0.124. The van der Waals surface area contributed by atoms with Gasteiger partial charge in [0.2, 0.25) is 5.91 Å². The first-order chi connectivity index (χ1) is 21.3. The largest absolute Gasteiger partial charge is 0.462 e. The van der Waals surface area contributed by atoms with E-state index >= 15 is 4.39 Å². The number of fused-ring (bicyclic) bond motifs is 2. The lowest BCUT2D eigenvalue weighted by Crippen LogP contribution is -2.52.